The molecular formula is C16H23N3O4S. The Labute approximate surface area is 142 Å². The molecule has 1 aromatic rings. The lowest BCUT2D eigenvalue weighted by atomic mass is 10.3. The minimum atomic E-state index is -3.25. The Hall–Kier alpha value is -1.93. The Kier molecular flexibility index (Phi) is 5.95. The molecular weight excluding hydrogens is 330 g/mol. The van der Waals surface area contributed by atoms with E-state index in [1.54, 1.807) is 24.1 Å². The quantitative estimate of drug-likeness (QED) is 0.808. The van der Waals surface area contributed by atoms with Crippen LogP contribution in [0.3, 0.4) is 0 Å². The second-order valence-electron chi connectivity index (χ2n) is 6.10. The van der Waals surface area contributed by atoms with Crippen molar-refractivity contribution >= 4 is 27.3 Å². The molecule has 1 aromatic carbocycles. The van der Waals surface area contributed by atoms with Gasteiger partial charge >= 0.3 is 0 Å². The Balaban J connectivity index is 1.82. The van der Waals surface area contributed by atoms with Crippen molar-refractivity contribution in [2.45, 2.75) is 17.7 Å². The van der Waals surface area contributed by atoms with Crippen molar-refractivity contribution in [1.82, 2.24) is 9.80 Å². The fourth-order valence-electron chi connectivity index (χ4n) is 2.58. The van der Waals surface area contributed by atoms with Gasteiger partial charge < -0.3 is 10.2 Å². The normalized spacial score (nSPS) is 14.9. The van der Waals surface area contributed by atoms with Gasteiger partial charge in [0, 0.05) is 25.0 Å². The fraction of sp³-hybridized carbons (Fsp3) is 0.500. The number of sulfone groups is 1. The van der Waals surface area contributed by atoms with E-state index in [-0.39, 0.29) is 29.8 Å². The molecule has 24 heavy (non-hydrogen) atoms. The van der Waals surface area contributed by atoms with E-state index in [9.17, 15) is 18.0 Å². The summed E-state index contributed by atoms with van der Waals surface area (Å²) in [6.07, 6.45) is 3.21. The Bertz CT molecular complexity index is 695. The second-order valence-corrected chi connectivity index (χ2v) is 8.12. The summed E-state index contributed by atoms with van der Waals surface area (Å²) in [4.78, 5) is 27.7. The second kappa shape index (κ2) is 7.76. The van der Waals surface area contributed by atoms with Crippen LogP contribution in [0.2, 0.25) is 0 Å². The van der Waals surface area contributed by atoms with Gasteiger partial charge in [0.05, 0.1) is 18.0 Å². The Morgan fingerprint density at radius 2 is 1.71 bits per heavy atom. The van der Waals surface area contributed by atoms with Crippen LogP contribution in [-0.4, -0.2) is 69.5 Å². The van der Waals surface area contributed by atoms with Crippen LogP contribution in [0.5, 0.6) is 0 Å². The number of benzene rings is 1. The van der Waals surface area contributed by atoms with E-state index in [0.29, 0.717) is 5.69 Å². The van der Waals surface area contributed by atoms with Gasteiger partial charge in [0.25, 0.3) is 0 Å². The summed E-state index contributed by atoms with van der Waals surface area (Å²) >= 11 is 0. The summed E-state index contributed by atoms with van der Waals surface area (Å²) < 4.78 is 22.8. The number of rotatable bonds is 6. The molecule has 7 nitrogen and oxygen atoms in total. The van der Waals surface area contributed by atoms with Crippen LogP contribution in [-0.2, 0) is 19.4 Å². The summed E-state index contributed by atoms with van der Waals surface area (Å²) in [6.45, 7) is 1.89. The molecule has 0 radical (unpaired) electrons. The largest absolute Gasteiger partial charge is 0.342 e. The predicted octanol–water partition coefficient (Wildman–Crippen LogP) is 0.583. The molecule has 1 fully saturated rings. The van der Waals surface area contributed by atoms with Crippen LogP contribution >= 0.6 is 0 Å². The molecule has 0 spiro atoms. The molecule has 0 atom stereocenters. The van der Waals surface area contributed by atoms with Crippen LogP contribution in [0.15, 0.2) is 29.2 Å². The molecule has 0 unspecified atom stereocenters. The van der Waals surface area contributed by atoms with Gasteiger partial charge in [-0.3, -0.25) is 14.5 Å². The van der Waals surface area contributed by atoms with E-state index in [0.717, 1.165) is 32.2 Å². The number of nitrogens with zero attached hydrogens (tertiary/aromatic N) is 2. The fourth-order valence-corrected chi connectivity index (χ4v) is 3.21. The molecule has 0 aliphatic carbocycles. The van der Waals surface area contributed by atoms with E-state index in [2.05, 4.69) is 5.32 Å². The first-order valence-corrected chi connectivity index (χ1v) is 9.71. The lowest BCUT2D eigenvalue weighted by Crippen LogP contribution is -2.40. The van der Waals surface area contributed by atoms with Gasteiger partial charge in [0.1, 0.15) is 0 Å². The lowest BCUT2D eigenvalue weighted by molar-refractivity contribution is -0.131. The van der Waals surface area contributed by atoms with Gasteiger partial charge in [-0.1, -0.05) is 0 Å². The highest BCUT2D eigenvalue weighted by molar-refractivity contribution is 7.90. The Morgan fingerprint density at radius 1 is 1.12 bits per heavy atom. The maximum atomic E-state index is 12.0. The zero-order chi connectivity index (χ0) is 17.7. The van der Waals surface area contributed by atoms with Gasteiger partial charge in [-0.25, -0.2) is 8.42 Å². The summed E-state index contributed by atoms with van der Waals surface area (Å²) in [5, 5.41) is 2.69. The van der Waals surface area contributed by atoms with E-state index in [1.807, 2.05) is 4.90 Å². The number of carbonyl (C=O) groups excluding carboxylic acids is 2. The van der Waals surface area contributed by atoms with Crippen molar-refractivity contribution in [3.05, 3.63) is 24.3 Å². The van der Waals surface area contributed by atoms with Crippen LogP contribution in [0.1, 0.15) is 12.8 Å². The molecule has 1 heterocycles. The highest BCUT2D eigenvalue weighted by Crippen LogP contribution is 2.14. The van der Waals surface area contributed by atoms with Gasteiger partial charge in [0.15, 0.2) is 9.84 Å². The number of nitrogens with one attached hydrogen (secondary N) is 1. The van der Waals surface area contributed by atoms with Gasteiger partial charge in [0.2, 0.25) is 11.8 Å². The van der Waals surface area contributed by atoms with Crippen molar-refractivity contribution in [1.29, 1.82) is 0 Å². The zero-order valence-corrected chi connectivity index (χ0v) is 14.8. The minimum Gasteiger partial charge on any atom is -0.342 e. The number of hydrogen-bond acceptors (Lipinski definition) is 5. The third-order valence-electron chi connectivity index (χ3n) is 3.84. The first kappa shape index (κ1) is 18.4. The SMILES string of the molecule is CN(CC(=O)Nc1ccc(S(C)(=O)=O)cc1)CC(=O)N1CCCC1. The minimum absolute atomic E-state index is 0.0419. The average molecular weight is 353 g/mol. The molecule has 8 heteroatoms. The number of likely N-dealkylation sites (N-methyl/N-ethyl adjacent to an activating group) is 1. The number of likely N-dealkylation sites (tertiary alicyclic amines) is 1. The Morgan fingerprint density at radius 3 is 2.25 bits per heavy atom. The smallest absolute Gasteiger partial charge is 0.238 e. The highest BCUT2D eigenvalue weighted by Gasteiger charge is 2.20. The molecule has 132 valence electrons. The summed E-state index contributed by atoms with van der Waals surface area (Å²) in [5.41, 5.74) is 0.520. The standard InChI is InChI=1S/C16H23N3O4S/c1-18(12-16(21)19-9-3-4-10-19)11-15(20)17-13-5-7-14(8-6-13)24(2,22)23/h5-8H,3-4,9-12H2,1-2H3,(H,17,20). The summed E-state index contributed by atoms with van der Waals surface area (Å²) in [6, 6.07) is 5.99. The molecule has 1 N–H and O–H groups in total. The van der Waals surface area contributed by atoms with Crippen molar-refractivity contribution in [3.63, 3.8) is 0 Å². The van der Waals surface area contributed by atoms with Crippen molar-refractivity contribution in [3.8, 4) is 0 Å². The topological polar surface area (TPSA) is 86.8 Å². The summed E-state index contributed by atoms with van der Waals surface area (Å²) in [7, 11) is -1.53. The molecule has 1 aliphatic rings. The van der Waals surface area contributed by atoms with Crippen LogP contribution in [0.4, 0.5) is 5.69 Å². The molecule has 2 rings (SSSR count). The molecule has 0 bridgehead atoms. The number of amides is 2. The van der Waals surface area contributed by atoms with Gasteiger partial charge in [-0.2, -0.15) is 0 Å². The van der Waals surface area contributed by atoms with Crippen LogP contribution in [0.25, 0.3) is 0 Å². The van der Waals surface area contributed by atoms with Gasteiger partial charge in [-0.05, 0) is 44.2 Å². The van der Waals surface area contributed by atoms with E-state index in [4.69, 9.17) is 0 Å². The lowest BCUT2D eigenvalue weighted by Gasteiger charge is -2.20. The molecule has 0 aromatic heterocycles. The maximum absolute atomic E-state index is 12.0. The van der Waals surface area contributed by atoms with E-state index < -0.39 is 9.84 Å². The average Bonchev–Trinajstić information content (AvgIpc) is 3.00. The number of anilines is 1. The molecule has 1 aliphatic heterocycles. The maximum Gasteiger partial charge on any atom is 0.238 e. The monoisotopic (exact) mass is 353 g/mol. The van der Waals surface area contributed by atoms with Crippen molar-refractivity contribution < 1.29 is 18.0 Å². The number of carbonyl (C=O) groups is 2. The number of hydrogen-bond donors (Lipinski definition) is 1. The first-order chi connectivity index (χ1) is 11.3. The third kappa shape index (κ3) is 5.31. The van der Waals surface area contributed by atoms with Crippen LogP contribution in [0, 0.1) is 0 Å². The van der Waals surface area contributed by atoms with Gasteiger partial charge in [-0.15, -0.1) is 0 Å². The van der Waals surface area contributed by atoms with Crippen molar-refractivity contribution in [2.24, 2.45) is 0 Å². The molecule has 2 amide bonds. The molecule has 1 saturated heterocycles. The highest BCUT2D eigenvalue weighted by atomic mass is 32.2. The van der Waals surface area contributed by atoms with E-state index in [1.165, 1.54) is 12.1 Å². The van der Waals surface area contributed by atoms with Crippen LogP contribution < -0.4 is 5.32 Å². The first-order valence-electron chi connectivity index (χ1n) is 7.82. The van der Waals surface area contributed by atoms with E-state index >= 15 is 0 Å². The zero-order valence-electron chi connectivity index (χ0n) is 14.0. The molecule has 0 saturated carbocycles. The van der Waals surface area contributed by atoms with Crippen molar-refractivity contribution in [2.75, 3.05) is 44.8 Å². The third-order valence-corrected chi connectivity index (χ3v) is 4.97. The summed E-state index contributed by atoms with van der Waals surface area (Å²) in [5.74, 6) is -0.209. The predicted molar refractivity (Wildman–Crippen MR) is 91.5 cm³/mol.